The van der Waals surface area contributed by atoms with E-state index in [0.717, 1.165) is 15.8 Å². The number of aryl methyl sites for hydroxylation is 2. The number of methoxy groups -OCH3 is 1. The van der Waals surface area contributed by atoms with Crippen LogP contribution in [0.2, 0.25) is 0 Å². The van der Waals surface area contributed by atoms with Crippen LogP contribution in [0.5, 0.6) is 0 Å². The average Bonchev–Trinajstić information content (AvgIpc) is 2.70. The molecule has 0 aliphatic rings. The van der Waals surface area contributed by atoms with Crippen LogP contribution in [-0.4, -0.2) is 47.8 Å². The summed E-state index contributed by atoms with van der Waals surface area (Å²) in [7, 11) is 1.59. The molecule has 20 heavy (non-hydrogen) atoms. The zero-order chi connectivity index (χ0) is 14.7. The number of fused-ring (bicyclic) bond motifs is 1. The summed E-state index contributed by atoms with van der Waals surface area (Å²) in [5.74, 6) is -0.228. The first-order chi connectivity index (χ1) is 9.54. The standard InChI is InChI=1S/C13H17N3O3S/c1-8-9(2)20-13-11(8)12(14-7-15-13)16(4-5-19-3)6-10(17)18/h7H,4-6H2,1-3H3,(H,17,18). The Morgan fingerprint density at radius 3 is 2.85 bits per heavy atom. The van der Waals surface area contributed by atoms with Gasteiger partial charge in [0.25, 0.3) is 0 Å². The number of hydrogen-bond donors (Lipinski definition) is 1. The Morgan fingerprint density at radius 1 is 1.45 bits per heavy atom. The third-order valence-corrected chi connectivity index (χ3v) is 4.25. The maximum Gasteiger partial charge on any atom is 0.323 e. The minimum atomic E-state index is -0.891. The van der Waals surface area contributed by atoms with Gasteiger partial charge in [-0.1, -0.05) is 0 Å². The first kappa shape index (κ1) is 14.7. The normalized spacial score (nSPS) is 10.9. The molecule has 0 saturated carbocycles. The predicted molar refractivity (Wildman–Crippen MR) is 78.6 cm³/mol. The third kappa shape index (κ3) is 2.88. The van der Waals surface area contributed by atoms with Crippen LogP contribution in [0.15, 0.2) is 6.33 Å². The zero-order valence-electron chi connectivity index (χ0n) is 11.7. The van der Waals surface area contributed by atoms with Gasteiger partial charge in [-0.3, -0.25) is 4.79 Å². The number of aliphatic carboxylic acids is 1. The van der Waals surface area contributed by atoms with E-state index in [9.17, 15) is 4.79 Å². The van der Waals surface area contributed by atoms with E-state index < -0.39 is 5.97 Å². The van der Waals surface area contributed by atoms with Gasteiger partial charge < -0.3 is 14.7 Å². The van der Waals surface area contributed by atoms with Crippen molar-refractivity contribution in [3.05, 3.63) is 16.8 Å². The Labute approximate surface area is 121 Å². The molecular weight excluding hydrogens is 278 g/mol. The molecular formula is C13H17N3O3S. The largest absolute Gasteiger partial charge is 0.480 e. The van der Waals surface area contributed by atoms with Gasteiger partial charge in [0.15, 0.2) is 0 Å². The van der Waals surface area contributed by atoms with E-state index in [4.69, 9.17) is 9.84 Å². The summed E-state index contributed by atoms with van der Waals surface area (Å²) in [6.45, 7) is 4.85. The molecule has 0 unspecified atom stereocenters. The average molecular weight is 295 g/mol. The molecule has 0 spiro atoms. The lowest BCUT2D eigenvalue weighted by molar-refractivity contribution is -0.135. The molecule has 6 nitrogen and oxygen atoms in total. The van der Waals surface area contributed by atoms with Gasteiger partial charge in [0.2, 0.25) is 0 Å². The lowest BCUT2D eigenvalue weighted by atomic mass is 10.2. The maximum absolute atomic E-state index is 11.0. The number of carbonyl (C=O) groups is 1. The van der Waals surface area contributed by atoms with E-state index in [1.165, 1.54) is 11.2 Å². The number of thiophene rings is 1. The van der Waals surface area contributed by atoms with E-state index in [1.54, 1.807) is 23.3 Å². The highest BCUT2D eigenvalue weighted by Gasteiger charge is 2.18. The molecule has 2 heterocycles. The van der Waals surface area contributed by atoms with Crippen LogP contribution in [0, 0.1) is 13.8 Å². The summed E-state index contributed by atoms with van der Waals surface area (Å²) >= 11 is 1.60. The highest BCUT2D eigenvalue weighted by molar-refractivity contribution is 7.18. The molecule has 0 saturated heterocycles. The second-order valence-electron chi connectivity index (χ2n) is 4.47. The molecule has 0 aromatic carbocycles. The fraction of sp³-hybridized carbons (Fsp3) is 0.462. The quantitative estimate of drug-likeness (QED) is 0.876. The van der Waals surface area contributed by atoms with Gasteiger partial charge in [-0.05, 0) is 19.4 Å². The molecule has 0 fully saturated rings. The van der Waals surface area contributed by atoms with Crippen molar-refractivity contribution >= 4 is 33.3 Å². The lowest BCUT2D eigenvalue weighted by Crippen LogP contribution is -2.33. The summed E-state index contributed by atoms with van der Waals surface area (Å²) in [5.41, 5.74) is 1.11. The minimum absolute atomic E-state index is 0.107. The number of hydrogen-bond acceptors (Lipinski definition) is 6. The first-order valence-corrected chi connectivity index (χ1v) is 7.02. The number of carboxylic acid groups (broad SMARTS) is 1. The van der Waals surface area contributed by atoms with E-state index in [0.29, 0.717) is 19.0 Å². The highest BCUT2D eigenvalue weighted by atomic mass is 32.1. The van der Waals surface area contributed by atoms with Gasteiger partial charge in [-0.2, -0.15) is 0 Å². The lowest BCUT2D eigenvalue weighted by Gasteiger charge is -2.22. The number of ether oxygens (including phenoxy) is 1. The summed E-state index contributed by atoms with van der Waals surface area (Å²) < 4.78 is 5.05. The van der Waals surface area contributed by atoms with Gasteiger partial charge in [0.05, 0.1) is 12.0 Å². The molecule has 2 aromatic rings. The topological polar surface area (TPSA) is 75.5 Å². The van der Waals surface area contributed by atoms with E-state index in [1.807, 2.05) is 13.8 Å². The molecule has 2 rings (SSSR count). The van der Waals surface area contributed by atoms with Crippen molar-refractivity contribution in [2.24, 2.45) is 0 Å². The number of aromatic nitrogens is 2. The molecule has 7 heteroatoms. The molecule has 0 radical (unpaired) electrons. The fourth-order valence-electron chi connectivity index (χ4n) is 2.03. The van der Waals surface area contributed by atoms with Crippen molar-refractivity contribution in [1.29, 1.82) is 0 Å². The van der Waals surface area contributed by atoms with Gasteiger partial charge in [-0.15, -0.1) is 11.3 Å². The Morgan fingerprint density at radius 2 is 2.20 bits per heavy atom. The zero-order valence-corrected chi connectivity index (χ0v) is 12.5. The fourth-order valence-corrected chi connectivity index (χ4v) is 3.02. The monoisotopic (exact) mass is 295 g/mol. The van der Waals surface area contributed by atoms with Gasteiger partial charge in [-0.25, -0.2) is 9.97 Å². The molecule has 0 aliphatic carbocycles. The SMILES string of the molecule is COCCN(CC(=O)O)c1ncnc2sc(C)c(C)c12. The van der Waals surface area contributed by atoms with Crippen LogP contribution in [0.4, 0.5) is 5.82 Å². The van der Waals surface area contributed by atoms with Crippen molar-refractivity contribution in [2.75, 3.05) is 31.7 Å². The summed E-state index contributed by atoms with van der Waals surface area (Å²) in [6.07, 6.45) is 1.48. The van der Waals surface area contributed by atoms with Gasteiger partial charge >= 0.3 is 5.97 Å². The van der Waals surface area contributed by atoms with Crippen LogP contribution in [0.25, 0.3) is 10.2 Å². The molecule has 0 atom stereocenters. The maximum atomic E-state index is 11.0. The number of rotatable bonds is 6. The van der Waals surface area contributed by atoms with Crippen molar-refractivity contribution in [1.82, 2.24) is 9.97 Å². The number of nitrogens with zero attached hydrogens (tertiary/aromatic N) is 3. The van der Waals surface area contributed by atoms with Gasteiger partial charge in [0.1, 0.15) is 23.5 Å². The molecule has 2 aromatic heterocycles. The van der Waals surface area contributed by atoms with Crippen LogP contribution in [0.3, 0.4) is 0 Å². The second kappa shape index (κ2) is 6.15. The summed E-state index contributed by atoms with van der Waals surface area (Å²) in [6, 6.07) is 0. The smallest absolute Gasteiger partial charge is 0.323 e. The van der Waals surface area contributed by atoms with E-state index in [2.05, 4.69) is 9.97 Å². The van der Waals surface area contributed by atoms with Crippen molar-refractivity contribution in [3.8, 4) is 0 Å². The van der Waals surface area contributed by atoms with E-state index >= 15 is 0 Å². The highest BCUT2D eigenvalue weighted by Crippen LogP contribution is 2.34. The summed E-state index contributed by atoms with van der Waals surface area (Å²) in [5, 5.41) is 10.0. The Bertz CT molecular complexity index is 627. The molecule has 108 valence electrons. The Hall–Kier alpha value is -1.73. The molecule has 0 aliphatic heterocycles. The van der Waals surface area contributed by atoms with Crippen LogP contribution < -0.4 is 4.90 Å². The second-order valence-corrected chi connectivity index (χ2v) is 5.67. The first-order valence-electron chi connectivity index (χ1n) is 6.21. The predicted octanol–water partition coefficient (Wildman–Crippen LogP) is 1.85. The Kier molecular flexibility index (Phi) is 4.51. The summed E-state index contributed by atoms with van der Waals surface area (Å²) in [4.78, 5) is 23.4. The van der Waals surface area contributed by atoms with Gasteiger partial charge in [0, 0.05) is 18.5 Å². The van der Waals surface area contributed by atoms with E-state index in [-0.39, 0.29) is 6.54 Å². The van der Waals surface area contributed by atoms with Crippen molar-refractivity contribution in [2.45, 2.75) is 13.8 Å². The van der Waals surface area contributed by atoms with Crippen molar-refractivity contribution < 1.29 is 14.6 Å². The van der Waals surface area contributed by atoms with Crippen LogP contribution in [-0.2, 0) is 9.53 Å². The molecule has 0 bridgehead atoms. The third-order valence-electron chi connectivity index (χ3n) is 3.14. The Balaban J connectivity index is 2.48. The van der Waals surface area contributed by atoms with Crippen molar-refractivity contribution in [3.63, 3.8) is 0 Å². The minimum Gasteiger partial charge on any atom is -0.480 e. The van der Waals surface area contributed by atoms with Crippen LogP contribution >= 0.6 is 11.3 Å². The number of anilines is 1. The van der Waals surface area contributed by atoms with Crippen LogP contribution in [0.1, 0.15) is 10.4 Å². The number of carboxylic acids is 1. The molecule has 0 amide bonds. The molecule has 1 N–H and O–H groups in total.